The molecular weight excluding hydrogens is 208 g/mol. The Morgan fingerprint density at radius 3 is 2.69 bits per heavy atom. The van der Waals surface area contributed by atoms with Gasteiger partial charge in [-0.1, -0.05) is 0 Å². The number of anilines is 1. The summed E-state index contributed by atoms with van der Waals surface area (Å²) < 4.78 is 0. The van der Waals surface area contributed by atoms with E-state index in [2.05, 4.69) is 4.90 Å². The molecule has 0 radical (unpaired) electrons. The minimum Gasteiger partial charge on any atom is -0.394 e. The van der Waals surface area contributed by atoms with Crippen LogP contribution in [0.5, 0.6) is 0 Å². The standard InChI is InChI=1S/C11H14N2O3/c14-8-11-2-1-7-12(11)9-3-5-10(6-4-9)13(15)16/h3-6,11,14H,1-2,7-8H2/t11-/m0/s1. The monoisotopic (exact) mass is 222 g/mol. The van der Waals surface area contributed by atoms with E-state index < -0.39 is 4.92 Å². The summed E-state index contributed by atoms with van der Waals surface area (Å²) in [5, 5.41) is 19.7. The van der Waals surface area contributed by atoms with Gasteiger partial charge in [-0.05, 0) is 25.0 Å². The molecule has 0 saturated carbocycles. The molecule has 0 spiro atoms. The highest BCUT2D eigenvalue weighted by molar-refractivity contribution is 5.52. The largest absolute Gasteiger partial charge is 0.394 e. The van der Waals surface area contributed by atoms with Crippen LogP contribution in [0.1, 0.15) is 12.8 Å². The molecule has 1 aliphatic rings. The van der Waals surface area contributed by atoms with Gasteiger partial charge in [0.15, 0.2) is 0 Å². The van der Waals surface area contributed by atoms with Crippen LogP contribution in [0.2, 0.25) is 0 Å². The third kappa shape index (κ3) is 1.99. The molecule has 0 aromatic heterocycles. The topological polar surface area (TPSA) is 66.6 Å². The molecule has 0 unspecified atom stereocenters. The normalized spacial score (nSPS) is 20.1. The number of non-ortho nitro benzene ring substituents is 1. The van der Waals surface area contributed by atoms with Crippen molar-refractivity contribution in [2.24, 2.45) is 0 Å². The molecular formula is C11H14N2O3. The van der Waals surface area contributed by atoms with Crippen molar-refractivity contribution < 1.29 is 10.0 Å². The lowest BCUT2D eigenvalue weighted by Gasteiger charge is -2.24. The van der Waals surface area contributed by atoms with E-state index in [9.17, 15) is 15.2 Å². The fraction of sp³-hybridized carbons (Fsp3) is 0.455. The summed E-state index contributed by atoms with van der Waals surface area (Å²) in [6.45, 7) is 1.04. The van der Waals surface area contributed by atoms with E-state index in [1.54, 1.807) is 12.1 Å². The molecule has 1 atom stereocenters. The molecule has 1 saturated heterocycles. The first-order valence-electron chi connectivity index (χ1n) is 5.34. The number of nitro groups is 1. The number of nitrogens with zero attached hydrogens (tertiary/aromatic N) is 2. The van der Waals surface area contributed by atoms with Gasteiger partial charge in [-0.2, -0.15) is 0 Å². The van der Waals surface area contributed by atoms with Crippen LogP contribution < -0.4 is 4.90 Å². The zero-order valence-corrected chi connectivity index (χ0v) is 8.87. The van der Waals surface area contributed by atoms with E-state index in [1.165, 1.54) is 12.1 Å². The number of rotatable bonds is 3. The van der Waals surface area contributed by atoms with Crippen LogP contribution in [0.4, 0.5) is 11.4 Å². The van der Waals surface area contributed by atoms with Crippen molar-refractivity contribution in [2.75, 3.05) is 18.1 Å². The van der Waals surface area contributed by atoms with Gasteiger partial charge in [-0.25, -0.2) is 0 Å². The molecule has 16 heavy (non-hydrogen) atoms. The maximum Gasteiger partial charge on any atom is 0.269 e. The predicted octanol–water partition coefficient (Wildman–Crippen LogP) is 1.56. The summed E-state index contributed by atoms with van der Waals surface area (Å²) in [6.07, 6.45) is 2.04. The van der Waals surface area contributed by atoms with Gasteiger partial charge in [0.25, 0.3) is 5.69 Å². The van der Waals surface area contributed by atoms with Crippen molar-refractivity contribution in [3.8, 4) is 0 Å². The summed E-state index contributed by atoms with van der Waals surface area (Å²) in [5.74, 6) is 0. The van der Waals surface area contributed by atoms with Gasteiger partial charge in [-0.3, -0.25) is 10.1 Å². The zero-order valence-electron chi connectivity index (χ0n) is 8.87. The van der Waals surface area contributed by atoms with Gasteiger partial charge in [0, 0.05) is 24.4 Å². The highest BCUT2D eigenvalue weighted by Gasteiger charge is 2.24. The average Bonchev–Trinajstić information content (AvgIpc) is 2.77. The Hall–Kier alpha value is -1.62. The first-order chi connectivity index (χ1) is 7.72. The van der Waals surface area contributed by atoms with E-state index in [0.29, 0.717) is 0 Å². The fourth-order valence-corrected chi connectivity index (χ4v) is 2.13. The lowest BCUT2D eigenvalue weighted by atomic mass is 10.2. The summed E-state index contributed by atoms with van der Waals surface area (Å²) in [4.78, 5) is 12.2. The number of nitro benzene ring substituents is 1. The summed E-state index contributed by atoms with van der Waals surface area (Å²) >= 11 is 0. The maximum absolute atomic E-state index is 10.5. The Morgan fingerprint density at radius 1 is 1.44 bits per heavy atom. The lowest BCUT2D eigenvalue weighted by Crippen LogP contribution is -2.31. The summed E-state index contributed by atoms with van der Waals surface area (Å²) in [6, 6.07) is 6.64. The highest BCUT2D eigenvalue weighted by atomic mass is 16.6. The van der Waals surface area contributed by atoms with Gasteiger partial charge < -0.3 is 10.0 Å². The molecule has 1 fully saturated rings. The van der Waals surface area contributed by atoms with Crippen LogP contribution in [0.3, 0.4) is 0 Å². The molecule has 5 heteroatoms. The molecule has 1 N–H and O–H groups in total. The van der Waals surface area contributed by atoms with Crippen molar-refractivity contribution in [3.05, 3.63) is 34.4 Å². The summed E-state index contributed by atoms with van der Waals surface area (Å²) in [5.41, 5.74) is 1.05. The molecule has 0 amide bonds. The SMILES string of the molecule is O=[N+]([O-])c1ccc(N2CCC[C@H]2CO)cc1. The summed E-state index contributed by atoms with van der Waals surface area (Å²) in [7, 11) is 0. The van der Waals surface area contributed by atoms with Gasteiger partial charge in [0.2, 0.25) is 0 Å². The highest BCUT2D eigenvalue weighted by Crippen LogP contribution is 2.26. The Balaban J connectivity index is 2.18. The van der Waals surface area contributed by atoms with E-state index in [1.807, 2.05) is 0 Å². The molecule has 1 heterocycles. The first-order valence-corrected chi connectivity index (χ1v) is 5.34. The van der Waals surface area contributed by atoms with Gasteiger partial charge in [0.05, 0.1) is 17.6 Å². The zero-order chi connectivity index (χ0) is 11.5. The Labute approximate surface area is 93.5 Å². The third-order valence-corrected chi connectivity index (χ3v) is 2.98. The van der Waals surface area contributed by atoms with Crippen LogP contribution in [0.15, 0.2) is 24.3 Å². The molecule has 2 rings (SSSR count). The van der Waals surface area contributed by atoms with Crippen molar-refractivity contribution in [1.82, 2.24) is 0 Å². The van der Waals surface area contributed by atoms with Gasteiger partial charge >= 0.3 is 0 Å². The van der Waals surface area contributed by atoms with Crippen LogP contribution in [-0.4, -0.2) is 29.2 Å². The van der Waals surface area contributed by atoms with Crippen LogP contribution in [0.25, 0.3) is 0 Å². The van der Waals surface area contributed by atoms with E-state index in [-0.39, 0.29) is 18.3 Å². The Morgan fingerprint density at radius 2 is 2.12 bits per heavy atom. The van der Waals surface area contributed by atoms with Crippen molar-refractivity contribution in [3.63, 3.8) is 0 Å². The molecule has 1 aromatic carbocycles. The second kappa shape index (κ2) is 4.49. The van der Waals surface area contributed by atoms with E-state index in [4.69, 9.17) is 0 Å². The van der Waals surface area contributed by atoms with E-state index in [0.717, 1.165) is 25.1 Å². The smallest absolute Gasteiger partial charge is 0.269 e. The lowest BCUT2D eigenvalue weighted by molar-refractivity contribution is -0.384. The van der Waals surface area contributed by atoms with E-state index >= 15 is 0 Å². The van der Waals surface area contributed by atoms with Gasteiger partial charge in [0.1, 0.15) is 0 Å². The molecule has 1 aromatic rings. The van der Waals surface area contributed by atoms with Crippen molar-refractivity contribution >= 4 is 11.4 Å². The minimum atomic E-state index is -0.405. The molecule has 5 nitrogen and oxygen atoms in total. The Bertz CT molecular complexity index is 377. The van der Waals surface area contributed by atoms with Crippen molar-refractivity contribution in [2.45, 2.75) is 18.9 Å². The number of aliphatic hydroxyl groups excluding tert-OH is 1. The van der Waals surface area contributed by atoms with Crippen LogP contribution >= 0.6 is 0 Å². The van der Waals surface area contributed by atoms with Crippen LogP contribution in [-0.2, 0) is 0 Å². The maximum atomic E-state index is 10.5. The van der Waals surface area contributed by atoms with Crippen LogP contribution in [0, 0.1) is 10.1 Å². The third-order valence-electron chi connectivity index (χ3n) is 2.98. The number of benzene rings is 1. The Kier molecular flexibility index (Phi) is 3.05. The number of aliphatic hydroxyl groups is 1. The molecule has 0 aliphatic carbocycles. The number of hydrogen-bond donors (Lipinski definition) is 1. The minimum absolute atomic E-state index is 0.100. The second-order valence-corrected chi connectivity index (χ2v) is 3.95. The second-order valence-electron chi connectivity index (χ2n) is 3.95. The first kappa shape index (κ1) is 10.9. The average molecular weight is 222 g/mol. The molecule has 1 aliphatic heterocycles. The molecule has 86 valence electrons. The number of hydrogen-bond acceptors (Lipinski definition) is 4. The quantitative estimate of drug-likeness (QED) is 0.622. The predicted molar refractivity (Wildman–Crippen MR) is 60.6 cm³/mol. The van der Waals surface area contributed by atoms with Crippen molar-refractivity contribution in [1.29, 1.82) is 0 Å². The fourth-order valence-electron chi connectivity index (χ4n) is 2.13. The van der Waals surface area contributed by atoms with Gasteiger partial charge in [-0.15, -0.1) is 0 Å². The molecule has 0 bridgehead atoms.